The van der Waals surface area contributed by atoms with E-state index >= 15 is 0 Å². The monoisotopic (exact) mass is 199 g/mol. The van der Waals surface area contributed by atoms with Crippen molar-refractivity contribution in [3.05, 3.63) is 35.8 Å². The normalized spacial score (nSPS) is 28.4. The van der Waals surface area contributed by atoms with Gasteiger partial charge in [-0.1, -0.05) is 36.1 Å². The molecule has 0 bridgehead atoms. The van der Waals surface area contributed by atoms with Crippen LogP contribution in [-0.2, 0) is 6.37 Å². The highest BCUT2D eigenvalue weighted by Crippen LogP contribution is 2.06. The Bertz CT molecular complexity index is 726. The molecule has 0 radical (unpaired) electrons. The average Bonchev–Trinajstić information content (AvgIpc) is 2.49. The van der Waals surface area contributed by atoms with E-state index in [1.807, 2.05) is 0 Å². The zero-order chi connectivity index (χ0) is 20.7. The highest BCUT2D eigenvalue weighted by atomic mass is 15.1. The number of benzene rings is 1. The lowest BCUT2D eigenvalue weighted by Crippen LogP contribution is -2.31. The lowest BCUT2D eigenvalue weighted by molar-refractivity contribution is 0.287. The maximum Gasteiger partial charge on any atom is 0.124 e. The molecule has 0 unspecified atom stereocenters. The van der Waals surface area contributed by atoms with Crippen molar-refractivity contribution in [2.45, 2.75) is 19.3 Å². The highest BCUT2D eigenvalue weighted by Gasteiger charge is 2.07. The fraction of sp³-hybridized carbons (Fsp3) is 0.385. The number of likely N-dealkylation sites (N-methyl/N-ethyl adjacent to an activating group) is 1. The lowest BCUT2D eigenvalue weighted by atomic mass is 10.1. The molecular weight excluding hydrogens is 170 g/mol. The van der Waals surface area contributed by atoms with Crippen molar-refractivity contribution in [1.82, 2.24) is 4.90 Å². The molecule has 0 aromatic heterocycles. The van der Waals surface area contributed by atoms with Crippen molar-refractivity contribution >= 4 is 0 Å². The summed E-state index contributed by atoms with van der Waals surface area (Å²) >= 11 is 0. The van der Waals surface area contributed by atoms with Crippen LogP contribution in [0.5, 0.6) is 0 Å². The molecule has 1 aromatic rings. The van der Waals surface area contributed by atoms with Crippen molar-refractivity contribution in [3.63, 3.8) is 0 Å². The van der Waals surface area contributed by atoms with Crippen LogP contribution >= 0.6 is 0 Å². The van der Waals surface area contributed by atoms with E-state index in [0.717, 1.165) is 6.92 Å². The van der Waals surface area contributed by atoms with Crippen LogP contribution in [0.15, 0.2) is 30.2 Å². The summed E-state index contributed by atoms with van der Waals surface area (Å²) in [6.07, 6.45) is -1.25. The average molecular weight is 199 g/mol. The van der Waals surface area contributed by atoms with Gasteiger partial charge in [0.15, 0.2) is 0 Å². The molecule has 0 N–H and O–H groups in total. The van der Waals surface area contributed by atoms with Crippen LogP contribution in [0.4, 0.5) is 0 Å². The molecular formula is C13H17N. The summed E-state index contributed by atoms with van der Waals surface area (Å²) < 4.78 is 93.0. The van der Waals surface area contributed by atoms with Gasteiger partial charge < -0.3 is 0 Å². The van der Waals surface area contributed by atoms with Gasteiger partial charge in [-0.05, 0) is 25.8 Å². The zero-order valence-electron chi connectivity index (χ0n) is 19.7. The van der Waals surface area contributed by atoms with E-state index in [2.05, 4.69) is 5.92 Å². The van der Waals surface area contributed by atoms with E-state index in [-0.39, 0.29) is 0 Å². The van der Waals surface area contributed by atoms with E-state index in [1.165, 1.54) is 0 Å². The molecule has 1 nitrogen and oxygen atoms in total. The smallest absolute Gasteiger partial charge is 0.124 e. The largest absolute Gasteiger partial charge is 0.292 e. The molecule has 0 aliphatic rings. The van der Waals surface area contributed by atoms with Crippen LogP contribution in [0.3, 0.4) is 0 Å². The minimum atomic E-state index is -2.97. The van der Waals surface area contributed by atoms with E-state index in [1.54, 1.807) is 6.40 Å². The second kappa shape index (κ2) is 5.47. The van der Waals surface area contributed by atoms with Gasteiger partial charge >= 0.3 is 0 Å². The van der Waals surface area contributed by atoms with Crippen molar-refractivity contribution < 1.29 is 16.4 Å². The molecule has 14 heavy (non-hydrogen) atoms. The number of hydrogen-bond acceptors (Lipinski definition) is 1. The molecule has 0 aliphatic heterocycles. The SMILES string of the molecule is [2H]C#CCN(C([2H])([2H])[2H])[C@@]([2H])(C)C([2H])([2H])c1c([2H])c([2H])c([2H])c([2H])c1[2H]. The number of terminal acetylenes is 1. The second-order valence-corrected chi connectivity index (χ2v) is 2.47. The van der Waals surface area contributed by atoms with Gasteiger partial charge in [0.1, 0.15) is 1.37 Å². The summed E-state index contributed by atoms with van der Waals surface area (Å²) in [4.78, 5) is 0.405. The van der Waals surface area contributed by atoms with E-state index < -0.39 is 61.7 Å². The van der Waals surface area contributed by atoms with Gasteiger partial charge in [0.25, 0.3) is 0 Å². The first-order valence-corrected chi connectivity index (χ1v) is 3.87. The van der Waals surface area contributed by atoms with Crippen LogP contribution < -0.4 is 0 Å². The van der Waals surface area contributed by atoms with Crippen molar-refractivity contribution in [3.8, 4) is 12.3 Å². The molecule has 0 amide bonds. The quantitative estimate of drug-likeness (QED) is 0.672. The Hall–Kier alpha value is -1.26. The minimum absolute atomic E-state index is 0.405. The van der Waals surface area contributed by atoms with E-state index in [0.29, 0.717) is 4.90 Å². The zero-order valence-corrected chi connectivity index (χ0v) is 7.65. The molecule has 1 atom stereocenters. The Balaban J connectivity index is 3.73. The third-order valence-electron chi connectivity index (χ3n) is 1.45. The van der Waals surface area contributed by atoms with Gasteiger partial charge in [0.05, 0.1) is 13.4 Å². The van der Waals surface area contributed by atoms with E-state index in [4.69, 9.17) is 16.4 Å². The topological polar surface area (TPSA) is 3.24 Å². The van der Waals surface area contributed by atoms with Gasteiger partial charge in [0, 0.05) is 14.2 Å². The molecule has 0 heterocycles. The maximum absolute atomic E-state index is 8.37. The summed E-state index contributed by atoms with van der Waals surface area (Å²) in [7, 11) is 0. The first-order chi connectivity index (χ1) is 11.6. The molecule has 74 valence electrons. The van der Waals surface area contributed by atoms with Crippen molar-refractivity contribution in [1.29, 1.82) is 0 Å². The molecule has 1 heteroatoms. The summed E-state index contributed by atoms with van der Waals surface area (Å²) in [5.41, 5.74) is -0.811. The first-order valence-electron chi connectivity index (χ1n) is 9.87. The Morgan fingerprint density at radius 2 is 2.57 bits per heavy atom. The van der Waals surface area contributed by atoms with Crippen LogP contribution in [0.1, 0.15) is 28.9 Å². The summed E-state index contributed by atoms with van der Waals surface area (Å²) in [6.45, 7) is -2.69. The van der Waals surface area contributed by atoms with Gasteiger partial charge in [-0.3, -0.25) is 4.90 Å². The highest BCUT2D eigenvalue weighted by molar-refractivity contribution is 5.15. The number of nitrogens with zero attached hydrogens (tertiary/aromatic N) is 1. The minimum Gasteiger partial charge on any atom is -0.292 e. The van der Waals surface area contributed by atoms with Crippen LogP contribution in [0.2, 0.25) is 0 Å². The summed E-state index contributed by atoms with van der Waals surface area (Å²) in [5.74, 6) is 2.14. The summed E-state index contributed by atoms with van der Waals surface area (Å²) in [6, 6.07) is -6.58. The Labute approximate surface area is 104 Å². The molecule has 0 saturated carbocycles. The van der Waals surface area contributed by atoms with Gasteiger partial charge in [-0.25, -0.2) is 0 Å². The van der Waals surface area contributed by atoms with Gasteiger partial charge in [0.2, 0.25) is 0 Å². The van der Waals surface area contributed by atoms with E-state index in [9.17, 15) is 0 Å². The number of rotatable bonds is 4. The molecule has 0 aliphatic carbocycles. The molecule has 1 rings (SSSR count). The van der Waals surface area contributed by atoms with Crippen LogP contribution in [0, 0.1) is 12.3 Å². The Kier molecular flexibility index (Phi) is 1.12. The summed E-state index contributed by atoms with van der Waals surface area (Å²) in [5, 5.41) is 0. The third kappa shape index (κ3) is 3.24. The van der Waals surface area contributed by atoms with Crippen molar-refractivity contribution in [2.75, 3.05) is 13.5 Å². The maximum atomic E-state index is 8.37. The predicted octanol–water partition coefficient (Wildman–Crippen LogP) is 2.18. The fourth-order valence-corrected chi connectivity index (χ4v) is 0.759. The van der Waals surface area contributed by atoms with Crippen molar-refractivity contribution in [2.24, 2.45) is 0 Å². The second-order valence-electron chi connectivity index (χ2n) is 2.47. The molecule has 0 fully saturated rings. The fourth-order valence-electron chi connectivity index (χ4n) is 0.759. The van der Waals surface area contributed by atoms with Gasteiger partial charge in [-0.15, -0.1) is 6.40 Å². The molecule has 0 saturated heterocycles. The Morgan fingerprint density at radius 1 is 1.79 bits per heavy atom. The standard InChI is InChI=1S/C13H17N/c1-4-10-14(3)12(2)11-13-8-6-5-7-9-13/h1,5-9,12H,10-11H2,2-3H3/t12-/m0/s1/i1D,3D3,5D,6D,7D,8D,9D,11D2,12D. The predicted molar refractivity (Wildman–Crippen MR) is 61.1 cm³/mol. The third-order valence-corrected chi connectivity index (χ3v) is 1.45. The van der Waals surface area contributed by atoms with Crippen LogP contribution in [0.25, 0.3) is 0 Å². The van der Waals surface area contributed by atoms with Crippen LogP contribution in [-0.4, -0.2) is 24.4 Å². The lowest BCUT2D eigenvalue weighted by Gasteiger charge is -2.22. The molecule has 1 aromatic carbocycles. The Morgan fingerprint density at radius 3 is 3.21 bits per heavy atom. The molecule has 0 spiro atoms. The first kappa shape index (κ1) is 2.87. The van der Waals surface area contributed by atoms with Gasteiger partial charge in [-0.2, -0.15) is 0 Å². The number of hydrogen-bond donors (Lipinski definition) is 0.